The molecule has 1 heterocycles. The van der Waals surface area contributed by atoms with E-state index in [2.05, 4.69) is 56.4 Å². The predicted molar refractivity (Wildman–Crippen MR) is 74.1 cm³/mol. The zero-order chi connectivity index (χ0) is 12.3. The first-order chi connectivity index (χ1) is 8.10. The molecule has 1 heteroatoms. The molecule has 1 N–H and O–H groups in total. The molecule has 0 bridgehead atoms. The van der Waals surface area contributed by atoms with Crippen molar-refractivity contribution < 1.29 is 0 Å². The Kier molecular flexibility index (Phi) is 3.88. The van der Waals surface area contributed by atoms with Crippen LogP contribution < -0.4 is 5.32 Å². The van der Waals surface area contributed by atoms with Crippen molar-refractivity contribution in [1.82, 2.24) is 5.32 Å². The topological polar surface area (TPSA) is 12.0 Å². The van der Waals surface area contributed by atoms with E-state index in [4.69, 9.17) is 0 Å². The highest BCUT2D eigenvalue weighted by Crippen LogP contribution is 2.38. The largest absolute Gasteiger partial charge is 0.313 e. The molecule has 1 fully saturated rings. The number of hydrogen-bond acceptors (Lipinski definition) is 1. The van der Waals surface area contributed by atoms with E-state index in [1.54, 1.807) is 0 Å². The van der Waals surface area contributed by atoms with E-state index in [-0.39, 0.29) is 0 Å². The number of nitrogens with one attached hydrogen (secondary N) is 1. The van der Waals surface area contributed by atoms with Gasteiger partial charge in [0.25, 0.3) is 0 Å². The van der Waals surface area contributed by atoms with Crippen LogP contribution in [0.4, 0.5) is 0 Å². The van der Waals surface area contributed by atoms with E-state index >= 15 is 0 Å². The maximum absolute atomic E-state index is 3.70. The van der Waals surface area contributed by atoms with Gasteiger partial charge >= 0.3 is 0 Å². The minimum absolute atomic E-state index is 0.476. The summed E-state index contributed by atoms with van der Waals surface area (Å²) in [6.07, 6.45) is 3.82. The lowest BCUT2D eigenvalue weighted by Crippen LogP contribution is -2.37. The monoisotopic (exact) mass is 231 g/mol. The summed E-state index contributed by atoms with van der Waals surface area (Å²) in [7, 11) is 0. The molecule has 0 saturated carbocycles. The lowest BCUT2D eigenvalue weighted by Gasteiger charge is -2.33. The second-order valence-corrected chi connectivity index (χ2v) is 6.20. The highest BCUT2D eigenvalue weighted by atomic mass is 15.0. The van der Waals surface area contributed by atoms with Gasteiger partial charge in [-0.1, -0.05) is 51.1 Å². The van der Waals surface area contributed by atoms with Gasteiger partial charge in [0.05, 0.1) is 0 Å². The van der Waals surface area contributed by atoms with Crippen LogP contribution >= 0.6 is 0 Å². The Labute approximate surface area is 106 Å². The van der Waals surface area contributed by atoms with Crippen LogP contribution in [0.15, 0.2) is 30.3 Å². The lowest BCUT2D eigenvalue weighted by atomic mass is 9.74. The fraction of sp³-hybridized carbons (Fsp3) is 0.625. The third kappa shape index (κ3) is 3.10. The summed E-state index contributed by atoms with van der Waals surface area (Å²) in [5.74, 6) is 0.790. The fourth-order valence-electron chi connectivity index (χ4n) is 3.30. The van der Waals surface area contributed by atoms with Crippen LogP contribution in [0, 0.1) is 11.3 Å². The lowest BCUT2D eigenvalue weighted by molar-refractivity contribution is 0.222. The molecule has 0 aromatic heterocycles. The van der Waals surface area contributed by atoms with Crippen molar-refractivity contribution in [2.24, 2.45) is 11.3 Å². The normalized spacial score (nSPS) is 28.8. The fourth-order valence-corrected chi connectivity index (χ4v) is 3.30. The molecule has 1 nitrogen and oxygen atoms in total. The molecule has 1 aromatic rings. The first-order valence-electron chi connectivity index (χ1n) is 6.87. The molecule has 0 amide bonds. The molecule has 1 saturated heterocycles. The molecule has 2 rings (SSSR count). The van der Waals surface area contributed by atoms with E-state index in [1.165, 1.54) is 31.4 Å². The highest BCUT2D eigenvalue weighted by molar-refractivity contribution is 5.17. The van der Waals surface area contributed by atoms with Crippen molar-refractivity contribution in [2.75, 3.05) is 6.54 Å². The SMILES string of the molecule is CC(C)CC1(C)CCNC1Cc1ccccc1. The second kappa shape index (κ2) is 5.22. The molecule has 94 valence electrons. The predicted octanol–water partition coefficient (Wildman–Crippen LogP) is 3.64. The Morgan fingerprint density at radius 1 is 1.29 bits per heavy atom. The Bertz CT molecular complexity index is 344. The van der Waals surface area contributed by atoms with Gasteiger partial charge in [0.1, 0.15) is 0 Å². The van der Waals surface area contributed by atoms with Crippen LogP contribution in [0.2, 0.25) is 0 Å². The van der Waals surface area contributed by atoms with Crippen LogP contribution in [0.3, 0.4) is 0 Å². The van der Waals surface area contributed by atoms with Gasteiger partial charge in [0.2, 0.25) is 0 Å². The van der Waals surface area contributed by atoms with Crippen LogP contribution in [0.5, 0.6) is 0 Å². The minimum Gasteiger partial charge on any atom is -0.313 e. The Hall–Kier alpha value is -0.820. The van der Waals surface area contributed by atoms with Gasteiger partial charge in [0, 0.05) is 6.04 Å². The second-order valence-electron chi connectivity index (χ2n) is 6.20. The Balaban J connectivity index is 2.05. The van der Waals surface area contributed by atoms with Crippen LogP contribution in [-0.4, -0.2) is 12.6 Å². The van der Waals surface area contributed by atoms with E-state index in [1.807, 2.05) is 0 Å². The summed E-state index contributed by atoms with van der Waals surface area (Å²) in [5, 5.41) is 3.70. The summed E-state index contributed by atoms with van der Waals surface area (Å²) >= 11 is 0. The quantitative estimate of drug-likeness (QED) is 0.834. The van der Waals surface area contributed by atoms with Crippen molar-refractivity contribution in [3.63, 3.8) is 0 Å². The number of benzene rings is 1. The smallest absolute Gasteiger partial charge is 0.0162 e. The average Bonchev–Trinajstić information content (AvgIpc) is 2.60. The maximum Gasteiger partial charge on any atom is 0.0162 e. The molecule has 2 unspecified atom stereocenters. The van der Waals surface area contributed by atoms with E-state index in [9.17, 15) is 0 Å². The zero-order valence-corrected chi connectivity index (χ0v) is 11.4. The summed E-state index contributed by atoms with van der Waals surface area (Å²) in [5.41, 5.74) is 1.94. The summed E-state index contributed by atoms with van der Waals surface area (Å²) in [4.78, 5) is 0. The molecule has 1 aliphatic heterocycles. The van der Waals surface area contributed by atoms with Gasteiger partial charge in [-0.25, -0.2) is 0 Å². The first kappa shape index (κ1) is 12.6. The van der Waals surface area contributed by atoms with Gasteiger partial charge in [-0.15, -0.1) is 0 Å². The maximum atomic E-state index is 3.70. The minimum atomic E-state index is 0.476. The highest BCUT2D eigenvalue weighted by Gasteiger charge is 2.38. The van der Waals surface area contributed by atoms with Crippen molar-refractivity contribution in [2.45, 2.75) is 46.1 Å². The molecule has 0 spiro atoms. The van der Waals surface area contributed by atoms with Gasteiger partial charge in [-0.2, -0.15) is 0 Å². The summed E-state index contributed by atoms with van der Waals surface area (Å²) < 4.78 is 0. The van der Waals surface area contributed by atoms with Crippen molar-refractivity contribution in [3.8, 4) is 0 Å². The van der Waals surface area contributed by atoms with Gasteiger partial charge in [-0.05, 0) is 42.7 Å². The van der Waals surface area contributed by atoms with E-state index < -0.39 is 0 Å². The number of rotatable bonds is 4. The molecule has 0 radical (unpaired) electrons. The van der Waals surface area contributed by atoms with Crippen molar-refractivity contribution in [3.05, 3.63) is 35.9 Å². The van der Waals surface area contributed by atoms with Crippen LogP contribution in [0.25, 0.3) is 0 Å². The Morgan fingerprint density at radius 3 is 2.65 bits per heavy atom. The molecule has 1 aromatic carbocycles. The van der Waals surface area contributed by atoms with E-state index in [0.717, 1.165) is 5.92 Å². The summed E-state index contributed by atoms with van der Waals surface area (Å²) in [6.45, 7) is 8.31. The third-order valence-electron chi connectivity index (χ3n) is 4.09. The van der Waals surface area contributed by atoms with E-state index in [0.29, 0.717) is 11.5 Å². The molecular formula is C16H25N. The van der Waals surface area contributed by atoms with Gasteiger partial charge in [0.15, 0.2) is 0 Å². The van der Waals surface area contributed by atoms with Crippen LogP contribution in [0.1, 0.15) is 39.2 Å². The molecular weight excluding hydrogens is 206 g/mol. The van der Waals surface area contributed by atoms with Gasteiger partial charge in [-0.3, -0.25) is 0 Å². The van der Waals surface area contributed by atoms with Crippen molar-refractivity contribution >= 4 is 0 Å². The molecule has 2 atom stereocenters. The first-order valence-corrected chi connectivity index (χ1v) is 6.87. The molecule has 17 heavy (non-hydrogen) atoms. The van der Waals surface area contributed by atoms with Crippen LogP contribution in [-0.2, 0) is 6.42 Å². The average molecular weight is 231 g/mol. The van der Waals surface area contributed by atoms with Crippen molar-refractivity contribution in [1.29, 1.82) is 0 Å². The Morgan fingerprint density at radius 2 is 2.00 bits per heavy atom. The van der Waals surface area contributed by atoms with Gasteiger partial charge < -0.3 is 5.32 Å². The zero-order valence-electron chi connectivity index (χ0n) is 11.4. The molecule has 0 aliphatic carbocycles. The molecule has 1 aliphatic rings. The number of hydrogen-bond donors (Lipinski definition) is 1. The third-order valence-corrected chi connectivity index (χ3v) is 4.09. The summed E-state index contributed by atoms with van der Waals surface area (Å²) in [6, 6.07) is 11.5. The standard InChI is InChI=1S/C16H25N/c1-13(2)12-16(3)9-10-17-15(16)11-14-7-5-4-6-8-14/h4-8,13,15,17H,9-12H2,1-3H3.